The second-order valence-corrected chi connectivity index (χ2v) is 7.92. The number of hydrogen-bond acceptors (Lipinski definition) is 2. The summed E-state index contributed by atoms with van der Waals surface area (Å²) in [5, 5.41) is 1.94. The normalized spacial score (nSPS) is 12.6. The molecule has 6 rings (SSSR count). The van der Waals surface area contributed by atoms with Gasteiger partial charge in [0.1, 0.15) is 17.0 Å². The number of furan rings is 1. The summed E-state index contributed by atoms with van der Waals surface area (Å²) in [6.45, 7) is 0. The van der Waals surface area contributed by atoms with Gasteiger partial charge in [-0.1, -0.05) is 60.7 Å². The summed E-state index contributed by atoms with van der Waals surface area (Å²) in [7, 11) is 0. The van der Waals surface area contributed by atoms with Crippen molar-refractivity contribution in [2.24, 2.45) is 0 Å². The second-order valence-electron chi connectivity index (χ2n) is 7.92. The molecule has 4 aromatic carbocycles. The van der Waals surface area contributed by atoms with E-state index >= 15 is 0 Å². The van der Waals surface area contributed by atoms with Gasteiger partial charge in [0.05, 0.1) is 5.69 Å². The first kappa shape index (κ1) is 17.3. The minimum Gasteiger partial charge on any atom is -0.455 e. The topological polar surface area (TPSA) is 26.0 Å². The molecular formula is C30H20FNO. The lowest BCUT2D eigenvalue weighted by Crippen LogP contribution is -1.91. The lowest BCUT2D eigenvalue weighted by molar-refractivity contribution is 0.628. The molecule has 0 atom stereocenters. The van der Waals surface area contributed by atoms with Crippen molar-refractivity contribution < 1.29 is 11.5 Å². The van der Waals surface area contributed by atoms with Gasteiger partial charge in [0.25, 0.3) is 0 Å². The van der Waals surface area contributed by atoms with Crippen LogP contribution in [0.3, 0.4) is 0 Å². The Balaban J connectivity index is 1.47. The van der Waals surface area contributed by atoms with Gasteiger partial charge in [-0.25, -0.2) is 4.39 Å². The Kier molecular flexibility index (Phi) is 4.22. The fourth-order valence-electron chi connectivity index (χ4n) is 4.17. The molecule has 0 spiro atoms. The van der Waals surface area contributed by atoms with Crippen LogP contribution in [0.15, 0.2) is 114 Å². The van der Waals surface area contributed by atoms with Crippen molar-refractivity contribution in [1.82, 2.24) is 4.98 Å². The molecule has 6 aromatic rings. The molecule has 0 N–H and O–H groups in total. The maximum atomic E-state index is 13.4. The number of aromatic nitrogens is 1. The van der Waals surface area contributed by atoms with Crippen LogP contribution in [0.4, 0.5) is 4.39 Å². The molecule has 2 nitrogen and oxygen atoms in total. The SMILES string of the molecule is [2H]C([2H])(c1ccccc1)c1ccnc(-c2cccc3c2oc2cc(-c4ccc(F)cc4)ccc23)c1. The van der Waals surface area contributed by atoms with E-state index in [2.05, 4.69) is 4.98 Å². The highest BCUT2D eigenvalue weighted by Gasteiger charge is 2.14. The van der Waals surface area contributed by atoms with Gasteiger partial charge in [0.2, 0.25) is 0 Å². The van der Waals surface area contributed by atoms with Crippen molar-refractivity contribution in [3.05, 3.63) is 126 Å². The fraction of sp³-hybridized carbons (Fsp3) is 0.0333. The highest BCUT2D eigenvalue weighted by Crippen LogP contribution is 2.37. The molecule has 33 heavy (non-hydrogen) atoms. The zero-order valence-corrected chi connectivity index (χ0v) is 17.6. The molecular weight excluding hydrogens is 409 g/mol. The molecule has 0 aliphatic carbocycles. The van der Waals surface area contributed by atoms with Crippen LogP contribution in [-0.4, -0.2) is 4.98 Å². The van der Waals surface area contributed by atoms with Gasteiger partial charge in [-0.2, -0.15) is 0 Å². The van der Waals surface area contributed by atoms with Crippen LogP contribution < -0.4 is 0 Å². The Morgan fingerprint density at radius 1 is 0.727 bits per heavy atom. The minimum absolute atomic E-state index is 0.269. The quantitative estimate of drug-likeness (QED) is 0.282. The highest BCUT2D eigenvalue weighted by atomic mass is 19.1. The molecule has 158 valence electrons. The summed E-state index contributed by atoms with van der Waals surface area (Å²) in [5.74, 6) is -0.269. The molecule has 0 fully saturated rings. The van der Waals surface area contributed by atoms with Crippen LogP contribution in [0.1, 0.15) is 13.9 Å². The van der Waals surface area contributed by atoms with Gasteiger partial charge < -0.3 is 4.42 Å². The predicted octanol–water partition coefficient (Wildman–Crippen LogP) is 8.04. The Bertz CT molecular complexity index is 1670. The van der Waals surface area contributed by atoms with Gasteiger partial charge in [0, 0.05) is 25.3 Å². The molecule has 0 aliphatic rings. The van der Waals surface area contributed by atoms with Crippen molar-refractivity contribution in [2.45, 2.75) is 6.37 Å². The summed E-state index contributed by atoms with van der Waals surface area (Å²) in [6, 6.07) is 30.9. The minimum atomic E-state index is -1.66. The van der Waals surface area contributed by atoms with Gasteiger partial charge in [-0.05, 0) is 71.1 Å². The maximum absolute atomic E-state index is 13.4. The zero-order chi connectivity index (χ0) is 24.0. The molecule has 0 radical (unpaired) electrons. The number of fused-ring (bicyclic) bond motifs is 3. The van der Waals surface area contributed by atoms with Crippen molar-refractivity contribution >= 4 is 21.9 Å². The molecule has 0 unspecified atom stereocenters. The average molecular weight is 432 g/mol. The third-order valence-electron chi connectivity index (χ3n) is 5.77. The summed E-state index contributed by atoms with van der Waals surface area (Å²) < 4.78 is 37.1. The van der Waals surface area contributed by atoms with Crippen molar-refractivity contribution in [1.29, 1.82) is 0 Å². The van der Waals surface area contributed by atoms with Gasteiger partial charge in [-0.15, -0.1) is 0 Å². The smallest absolute Gasteiger partial charge is 0.144 e. The van der Waals surface area contributed by atoms with E-state index in [1.54, 1.807) is 42.6 Å². The molecule has 0 amide bonds. The Labute approximate surface area is 193 Å². The average Bonchev–Trinajstić information content (AvgIpc) is 3.28. The third-order valence-corrected chi connectivity index (χ3v) is 5.77. The van der Waals surface area contributed by atoms with E-state index in [-0.39, 0.29) is 5.82 Å². The number of nitrogens with zero attached hydrogens (tertiary/aromatic N) is 1. The molecule has 2 heterocycles. The van der Waals surface area contributed by atoms with E-state index in [4.69, 9.17) is 7.16 Å². The van der Waals surface area contributed by atoms with E-state index in [9.17, 15) is 4.39 Å². The zero-order valence-electron chi connectivity index (χ0n) is 19.6. The number of halogens is 1. The molecule has 0 saturated heterocycles. The van der Waals surface area contributed by atoms with Crippen LogP contribution in [-0.2, 0) is 6.37 Å². The summed E-state index contributed by atoms with van der Waals surface area (Å²) >= 11 is 0. The first-order chi connectivity index (χ1) is 17.0. The molecule has 0 bridgehead atoms. The molecule has 2 aromatic heterocycles. The third kappa shape index (κ3) is 3.68. The van der Waals surface area contributed by atoms with Crippen molar-refractivity contribution in [2.75, 3.05) is 0 Å². The number of pyridine rings is 1. The van der Waals surface area contributed by atoms with Crippen molar-refractivity contribution in [3.63, 3.8) is 0 Å². The lowest BCUT2D eigenvalue weighted by Gasteiger charge is -2.06. The summed E-state index contributed by atoms with van der Waals surface area (Å²) in [5.41, 5.74) is 5.83. The standard InChI is InChI=1S/C30H20FNO/c31-24-12-9-22(10-13-24)23-11-14-25-26-7-4-8-27(30(26)33-29(25)19-23)28-18-21(15-16-32-28)17-20-5-2-1-3-6-20/h1-16,18-19H,17H2/i17D2. The van der Waals surface area contributed by atoms with Gasteiger partial charge in [0.15, 0.2) is 0 Å². The van der Waals surface area contributed by atoms with Gasteiger partial charge in [-0.3, -0.25) is 4.98 Å². The maximum Gasteiger partial charge on any atom is 0.144 e. The van der Waals surface area contributed by atoms with Crippen LogP contribution in [0.2, 0.25) is 0 Å². The summed E-state index contributed by atoms with van der Waals surface area (Å²) in [6.07, 6.45) is -0.0235. The fourth-order valence-corrected chi connectivity index (χ4v) is 4.17. The van der Waals surface area contributed by atoms with Gasteiger partial charge >= 0.3 is 0 Å². The van der Waals surface area contributed by atoms with E-state index in [0.717, 1.165) is 33.0 Å². The molecule has 0 saturated carbocycles. The molecule has 3 heteroatoms. The van der Waals surface area contributed by atoms with Crippen LogP contribution in [0.25, 0.3) is 44.3 Å². The number of para-hydroxylation sites is 1. The Morgan fingerprint density at radius 2 is 1.55 bits per heavy atom. The summed E-state index contributed by atoms with van der Waals surface area (Å²) in [4.78, 5) is 4.55. The largest absolute Gasteiger partial charge is 0.455 e. The number of rotatable bonds is 4. The number of hydrogen-bond donors (Lipinski definition) is 0. The van der Waals surface area contributed by atoms with Crippen molar-refractivity contribution in [3.8, 4) is 22.4 Å². The van der Waals surface area contributed by atoms with E-state index in [1.807, 2.05) is 54.6 Å². The number of benzene rings is 4. The first-order valence-electron chi connectivity index (χ1n) is 11.7. The van der Waals surface area contributed by atoms with Crippen LogP contribution in [0.5, 0.6) is 0 Å². The monoisotopic (exact) mass is 431 g/mol. The van der Waals surface area contributed by atoms with Crippen LogP contribution in [0, 0.1) is 5.82 Å². The molecule has 0 aliphatic heterocycles. The highest BCUT2D eigenvalue weighted by molar-refractivity contribution is 6.10. The Morgan fingerprint density at radius 3 is 2.39 bits per heavy atom. The first-order valence-corrected chi connectivity index (χ1v) is 10.7. The van der Waals surface area contributed by atoms with E-state index < -0.39 is 6.37 Å². The second kappa shape index (κ2) is 8.03. The van der Waals surface area contributed by atoms with E-state index in [0.29, 0.717) is 22.4 Å². The van der Waals surface area contributed by atoms with E-state index in [1.165, 1.54) is 12.1 Å². The predicted molar refractivity (Wildman–Crippen MR) is 132 cm³/mol. The van der Waals surface area contributed by atoms with Crippen LogP contribution >= 0.6 is 0 Å². The Hall–Kier alpha value is -4.24. The lowest BCUT2D eigenvalue weighted by atomic mass is 10.0.